The van der Waals surface area contributed by atoms with Crippen molar-refractivity contribution < 1.29 is 4.42 Å². The summed E-state index contributed by atoms with van der Waals surface area (Å²) in [6.45, 7) is 0. The van der Waals surface area contributed by atoms with E-state index in [4.69, 9.17) is 27.6 Å². The zero-order valence-electron chi connectivity index (χ0n) is 6.65. The minimum atomic E-state index is 0.142. The fourth-order valence-corrected chi connectivity index (χ4v) is 1.80. The van der Waals surface area contributed by atoms with Crippen molar-refractivity contribution in [3.05, 3.63) is 29.0 Å². The van der Waals surface area contributed by atoms with Crippen molar-refractivity contribution in [2.75, 3.05) is 0 Å². The zero-order valence-corrected chi connectivity index (χ0v) is 8.97. The highest BCUT2D eigenvalue weighted by molar-refractivity contribution is 7.99. The van der Waals surface area contributed by atoms with Gasteiger partial charge in [0.15, 0.2) is 0 Å². The molecule has 0 fully saturated rings. The molecule has 4 nitrogen and oxygen atoms in total. The van der Waals surface area contributed by atoms with E-state index in [1.807, 2.05) is 0 Å². The van der Waals surface area contributed by atoms with Crippen LogP contribution in [0.3, 0.4) is 0 Å². The van der Waals surface area contributed by atoms with Crippen LogP contribution in [0.15, 0.2) is 33.3 Å². The van der Waals surface area contributed by atoms with E-state index >= 15 is 0 Å². The molecule has 0 spiro atoms. The van der Waals surface area contributed by atoms with Crippen LogP contribution in [0.4, 0.5) is 0 Å². The summed E-state index contributed by atoms with van der Waals surface area (Å²) in [4.78, 5) is 11.6. The van der Waals surface area contributed by atoms with Crippen LogP contribution in [0.25, 0.3) is 0 Å². The largest absolute Gasteiger partial charge is 0.440 e. The third kappa shape index (κ3) is 2.17. The summed E-state index contributed by atoms with van der Waals surface area (Å²) in [5, 5.41) is 1.54. The maximum absolute atomic E-state index is 5.84. The summed E-state index contributed by atoms with van der Waals surface area (Å²) in [6, 6.07) is 0. The minimum absolute atomic E-state index is 0.142. The van der Waals surface area contributed by atoms with Gasteiger partial charge in [0.25, 0.3) is 5.22 Å². The molecule has 0 aromatic carbocycles. The van der Waals surface area contributed by atoms with Crippen LogP contribution in [-0.2, 0) is 0 Å². The van der Waals surface area contributed by atoms with Gasteiger partial charge < -0.3 is 4.42 Å². The number of hydrogen-bond acceptors (Lipinski definition) is 5. The van der Waals surface area contributed by atoms with Crippen molar-refractivity contribution in [2.24, 2.45) is 0 Å². The molecule has 0 amide bonds. The highest BCUT2D eigenvalue weighted by Crippen LogP contribution is 2.30. The van der Waals surface area contributed by atoms with Gasteiger partial charge in [0.2, 0.25) is 5.28 Å². The monoisotopic (exact) mass is 247 g/mol. The van der Waals surface area contributed by atoms with E-state index in [9.17, 15) is 0 Å². The fourth-order valence-electron chi connectivity index (χ4n) is 0.746. The van der Waals surface area contributed by atoms with Crippen LogP contribution < -0.4 is 0 Å². The molecule has 7 heteroatoms. The van der Waals surface area contributed by atoms with E-state index in [-0.39, 0.29) is 5.28 Å². The van der Waals surface area contributed by atoms with E-state index in [1.54, 1.807) is 6.20 Å². The average molecular weight is 248 g/mol. The lowest BCUT2D eigenvalue weighted by molar-refractivity contribution is 0.454. The lowest BCUT2D eigenvalue weighted by atomic mass is 10.7. The Kier molecular flexibility index (Phi) is 2.90. The second kappa shape index (κ2) is 4.16. The van der Waals surface area contributed by atoms with Crippen LogP contribution in [0.2, 0.25) is 10.3 Å². The Labute approximate surface area is 93.7 Å². The molecule has 0 aliphatic heterocycles. The summed E-state index contributed by atoms with van der Waals surface area (Å²) in [5.41, 5.74) is 0. The van der Waals surface area contributed by atoms with Crippen molar-refractivity contribution in [2.45, 2.75) is 10.2 Å². The normalized spacial score (nSPS) is 10.4. The molecule has 0 unspecified atom stereocenters. The predicted octanol–water partition coefficient (Wildman–Crippen LogP) is 2.92. The van der Waals surface area contributed by atoms with Crippen molar-refractivity contribution in [3.63, 3.8) is 0 Å². The van der Waals surface area contributed by atoms with Crippen molar-refractivity contribution in [1.82, 2.24) is 15.0 Å². The molecule has 72 valence electrons. The van der Waals surface area contributed by atoms with E-state index < -0.39 is 0 Å². The maximum atomic E-state index is 5.84. The topological polar surface area (TPSA) is 51.8 Å². The Morgan fingerprint density at radius 2 is 2.14 bits per heavy atom. The summed E-state index contributed by atoms with van der Waals surface area (Å²) in [7, 11) is 0. The summed E-state index contributed by atoms with van der Waals surface area (Å²) in [5.74, 6) is 0. The quantitative estimate of drug-likeness (QED) is 0.604. The smallest absolute Gasteiger partial charge is 0.262 e. The Hall–Kier alpha value is -0.780. The summed E-state index contributed by atoms with van der Waals surface area (Å²) < 4.78 is 5.02. The lowest BCUT2D eigenvalue weighted by Crippen LogP contribution is -1.86. The maximum Gasteiger partial charge on any atom is 0.262 e. The second-order valence-electron chi connectivity index (χ2n) is 2.19. The van der Waals surface area contributed by atoms with Gasteiger partial charge in [0.1, 0.15) is 11.3 Å². The number of oxazole rings is 1. The molecule has 0 atom stereocenters. The van der Waals surface area contributed by atoms with Crippen LogP contribution in [0.1, 0.15) is 0 Å². The van der Waals surface area contributed by atoms with E-state index in [2.05, 4.69) is 15.0 Å². The highest BCUT2D eigenvalue weighted by Gasteiger charge is 2.08. The molecule has 0 saturated carbocycles. The number of hydrogen-bond donors (Lipinski definition) is 0. The first-order chi connectivity index (χ1) is 6.75. The first-order valence-corrected chi connectivity index (χ1v) is 5.08. The van der Waals surface area contributed by atoms with Gasteiger partial charge in [-0.3, -0.25) is 0 Å². The van der Waals surface area contributed by atoms with Crippen molar-refractivity contribution in [1.29, 1.82) is 0 Å². The number of rotatable bonds is 2. The van der Waals surface area contributed by atoms with Gasteiger partial charge in [0.05, 0.1) is 17.4 Å². The lowest BCUT2D eigenvalue weighted by Gasteiger charge is -1.98. The molecule has 2 aromatic rings. The van der Waals surface area contributed by atoms with Gasteiger partial charge in [-0.1, -0.05) is 11.6 Å². The van der Waals surface area contributed by atoms with E-state index in [1.165, 1.54) is 24.2 Å². The van der Waals surface area contributed by atoms with E-state index in [0.29, 0.717) is 15.3 Å². The summed E-state index contributed by atoms with van der Waals surface area (Å²) in [6.07, 6.45) is 4.44. The minimum Gasteiger partial charge on any atom is -0.440 e. The second-order valence-corrected chi connectivity index (χ2v) is 3.88. The molecule has 0 saturated heterocycles. The molecular weight excluding hydrogens is 245 g/mol. The number of halogens is 2. The van der Waals surface area contributed by atoms with Gasteiger partial charge in [-0.15, -0.1) is 0 Å². The fraction of sp³-hybridized carbons (Fsp3) is 0. The zero-order chi connectivity index (χ0) is 9.97. The van der Waals surface area contributed by atoms with Crippen molar-refractivity contribution in [3.8, 4) is 0 Å². The Morgan fingerprint density at radius 3 is 2.86 bits per heavy atom. The Balaban J connectivity index is 2.28. The van der Waals surface area contributed by atoms with Gasteiger partial charge in [-0.25, -0.2) is 15.0 Å². The molecule has 0 aliphatic rings. The molecule has 2 rings (SSSR count). The first-order valence-electron chi connectivity index (χ1n) is 3.51. The SMILES string of the molecule is Clc1ncc(Cl)c(Sc2ncco2)n1. The molecule has 0 N–H and O–H groups in total. The third-order valence-electron chi connectivity index (χ3n) is 1.28. The predicted molar refractivity (Wildman–Crippen MR) is 52.7 cm³/mol. The molecular formula is C7H3Cl2N3OS. The number of nitrogens with zero attached hydrogens (tertiary/aromatic N) is 3. The molecule has 0 aliphatic carbocycles. The summed E-state index contributed by atoms with van der Waals surface area (Å²) >= 11 is 12.6. The van der Waals surface area contributed by atoms with Crippen LogP contribution in [0, 0.1) is 0 Å². The average Bonchev–Trinajstić information content (AvgIpc) is 2.64. The molecule has 14 heavy (non-hydrogen) atoms. The molecule has 0 radical (unpaired) electrons. The van der Waals surface area contributed by atoms with Crippen LogP contribution in [-0.4, -0.2) is 15.0 Å². The Bertz CT molecular complexity index is 435. The molecule has 2 aromatic heterocycles. The number of aromatic nitrogens is 3. The van der Waals surface area contributed by atoms with Gasteiger partial charge in [-0.05, 0) is 23.4 Å². The Morgan fingerprint density at radius 1 is 1.29 bits per heavy atom. The van der Waals surface area contributed by atoms with Crippen LogP contribution >= 0.6 is 35.0 Å². The third-order valence-corrected chi connectivity index (χ3v) is 2.73. The van der Waals surface area contributed by atoms with Gasteiger partial charge in [0, 0.05) is 0 Å². The standard InChI is InChI=1S/C7H3Cl2N3OS/c8-4-3-11-6(9)12-5(4)14-7-10-1-2-13-7/h1-3H. The highest BCUT2D eigenvalue weighted by atomic mass is 35.5. The van der Waals surface area contributed by atoms with Gasteiger partial charge in [-0.2, -0.15) is 0 Å². The van der Waals surface area contributed by atoms with Crippen LogP contribution in [0.5, 0.6) is 0 Å². The van der Waals surface area contributed by atoms with E-state index in [0.717, 1.165) is 0 Å². The molecule has 0 bridgehead atoms. The first kappa shape index (κ1) is 9.76. The van der Waals surface area contributed by atoms with Crippen molar-refractivity contribution >= 4 is 35.0 Å². The van der Waals surface area contributed by atoms with Gasteiger partial charge >= 0.3 is 0 Å². The molecule has 2 heterocycles.